The minimum absolute atomic E-state index is 0.0250. The number of piperidine rings is 1. The number of aromatic nitrogens is 3. The van der Waals surface area contributed by atoms with E-state index in [0.29, 0.717) is 11.7 Å². The second kappa shape index (κ2) is 9.77. The van der Waals surface area contributed by atoms with E-state index in [1.807, 2.05) is 30.3 Å². The van der Waals surface area contributed by atoms with Crippen LogP contribution in [-0.2, 0) is 11.3 Å². The van der Waals surface area contributed by atoms with E-state index in [2.05, 4.69) is 49.2 Å². The molecule has 1 saturated carbocycles. The van der Waals surface area contributed by atoms with E-state index >= 15 is 0 Å². The summed E-state index contributed by atoms with van der Waals surface area (Å²) in [5.74, 6) is 1.84. The van der Waals surface area contributed by atoms with Crippen molar-refractivity contribution in [3.8, 4) is 0 Å². The molecule has 0 unspecified atom stereocenters. The summed E-state index contributed by atoms with van der Waals surface area (Å²) in [6.45, 7) is 2.98. The van der Waals surface area contributed by atoms with Crippen LogP contribution in [0.1, 0.15) is 49.4 Å². The standard InChI is InChI=1S/C25H29N5OS/c31-23(26-21-11-13-22(14-12-21)29-15-5-2-6-16-29)18-32-25-28-27-24(20-9-10-20)30(25)17-19-7-3-1-4-8-19/h1,3-4,7-8,11-14,20H,2,5-6,9-10,15-18H2,(H,26,31). The molecule has 1 saturated heterocycles. The van der Waals surface area contributed by atoms with Crippen LogP contribution in [0.25, 0.3) is 0 Å². The Morgan fingerprint density at radius 3 is 2.44 bits per heavy atom. The van der Waals surface area contributed by atoms with Crippen LogP contribution in [0.3, 0.4) is 0 Å². The predicted octanol–water partition coefficient (Wildman–Crippen LogP) is 4.92. The van der Waals surface area contributed by atoms with Gasteiger partial charge < -0.3 is 14.8 Å². The maximum atomic E-state index is 12.6. The van der Waals surface area contributed by atoms with E-state index in [4.69, 9.17) is 0 Å². The fraction of sp³-hybridized carbons (Fsp3) is 0.400. The van der Waals surface area contributed by atoms with E-state index in [1.165, 1.54) is 55.1 Å². The molecule has 0 spiro atoms. The first kappa shape index (κ1) is 21.1. The molecular weight excluding hydrogens is 418 g/mol. The quantitative estimate of drug-likeness (QED) is 0.496. The van der Waals surface area contributed by atoms with Crippen LogP contribution in [0.5, 0.6) is 0 Å². The van der Waals surface area contributed by atoms with Gasteiger partial charge in [0.1, 0.15) is 5.82 Å². The van der Waals surface area contributed by atoms with Gasteiger partial charge in [-0.1, -0.05) is 42.1 Å². The number of hydrogen-bond acceptors (Lipinski definition) is 5. The Balaban J connectivity index is 1.20. The molecule has 7 heteroatoms. The van der Waals surface area contributed by atoms with E-state index in [0.717, 1.165) is 36.3 Å². The highest BCUT2D eigenvalue weighted by atomic mass is 32.2. The zero-order chi connectivity index (χ0) is 21.8. The van der Waals surface area contributed by atoms with Gasteiger partial charge in [0.15, 0.2) is 5.16 Å². The molecule has 32 heavy (non-hydrogen) atoms. The number of nitrogens with zero attached hydrogens (tertiary/aromatic N) is 4. The van der Waals surface area contributed by atoms with Crippen molar-refractivity contribution >= 4 is 29.0 Å². The average Bonchev–Trinajstić information content (AvgIpc) is 3.61. The predicted molar refractivity (Wildman–Crippen MR) is 129 cm³/mol. The van der Waals surface area contributed by atoms with Gasteiger partial charge in [-0.25, -0.2) is 0 Å². The van der Waals surface area contributed by atoms with Gasteiger partial charge in [0.25, 0.3) is 0 Å². The third kappa shape index (κ3) is 5.15. The third-order valence-electron chi connectivity index (χ3n) is 6.08. The Hall–Kier alpha value is -2.80. The van der Waals surface area contributed by atoms with Crippen molar-refractivity contribution in [1.82, 2.24) is 14.8 Å². The zero-order valence-electron chi connectivity index (χ0n) is 18.2. The normalized spacial score (nSPS) is 16.2. The number of carbonyl (C=O) groups is 1. The lowest BCUT2D eigenvalue weighted by molar-refractivity contribution is -0.113. The van der Waals surface area contributed by atoms with Gasteiger partial charge in [-0.15, -0.1) is 10.2 Å². The topological polar surface area (TPSA) is 63.1 Å². The molecule has 166 valence electrons. The number of anilines is 2. The lowest BCUT2D eigenvalue weighted by Crippen LogP contribution is -2.29. The smallest absolute Gasteiger partial charge is 0.234 e. The van der Waals surface area contributed by atoms with Gasteiger partial charge in [0.05, 0.1) is 12.3 Å². The van der Waals surface area contributed by atoms with Crippen molar-refractivity contribution in [2.45, 2.75) is 49.7 Å². The molecule has 2 fully saturated rings. The van der Waals surface area contributed by atoms with Gasteiger partial charge in [-0.05, 0) is 61.9 Å². The van der Waals surface area contributed by atoms with E-state index in [9.17, 15) is 4.79 Å². The second-order valence-corrected chi connectivity index (χ2v) is 9.56. The SMILES string of the molecule is O=C(CSc1nnc(C2CC2)n1Cc1ccccc1)Nc1ccc(N2CCCCC2)cc1. The van der Waals surface area contributed by atoms with Crippen LogP contribution in [0.4, 0.5) is 11.4 Å². The first-order valence-corrected chi connectivity index (χ1v) is 12.5. The molecule has 1 amide bonds. The molecule has 5 rings (SSSR count). The molecule has 6 nitrogen and oxygen atoms in total. The van der Waals surface area contributed by atoms with Gasteiger partial charge >= 0.3 is 0 Å². The average molecular weight is 448 g/mol. The number of benzene rings is 2. The van der Waals surface area contributed by atoms with E-state index < -0.39 is 0 Å². The van der Waals surface area contributed by atoms with Crippen LogP contribution in [0, 0.1) is 0 Å². The van der Waals surface area contributed by atoms with Crippen molar-refractivity contribution < 1.29 is 4.79 Å². The highest BCUT2D eigenvalue weighted by Crippen LogP contribution is 2.40. The number of hydrogen-bond donors (Lipinski definition) is 1. The third-order valence-corrected chi connectivity index (χ3v) is 7.04. The Morgan fingerprint density at radius 1 is 0.969 bits per heavy atom. The van der Waals surface area contributed by atoms with Gasteiger partial charge in [-0.2, -0.15) is 0 Å². The van der Waals surface area contributed by atoms with Crippen LogP contribution in [0.2, 0.25) is 0 Å². The van der Waals surface area contributed by atoms with Crippen LogP contribution < -0.4 is 10.2 Å². The Morgan fingerprint density at radius 2 is 1.72 bits per heavy atom. The summed E-state index contributed by atoms with van der Waals surface area (Å²) in [6.07, 6.45) is 6.18. The van der Waals surface area contributed by atoms with Crippen molar-refractivity contribution in [3.63, 3.8) is 0 Å². The number of nitrogens with one attached hydrogen (secondary N) is 1. The first-order valence-electron chi connectivity index (χ1n) is 11.5. The lowest BCUT2D eigenvalue weighted by Gasteiger charge is -2.28. The molecule has 1 N–H and O–H groups in total. The van der Waals surface area contributed by atoms with Crippen LogP contribution in [-0.4, -0.2) is 39.5 Å². The fourth-order valence-corrected chi connectivity index (χ4v) is 4.94. The molecule has 0 bridgehead atoms. The minimum Gasteiger partial charge on any atom is -0.372 e. The van der Waals surface area contributed by atoms with Crippen LogP contribution >= 0.6 is 11.8 Å². The monoisotopic (exact) mass is 447 g/mol. The van der Waals surface area contributed by atoms with E-state index in [1.54, 1.807) is 0 Å². The highest BCUT2D eigenvalue weighted by Gasteiger charge is 2.30. The summed E-state index contributed by atoms with van der Waals surface area (Å²) in [5, 5.41) is 12.7. The number of carbonyl (C=O) groups excluding carboxylic acids is 1. The second-order valence-electron chi connectivity index (χ2n) is 8.62. The summed E-state index contributed by atoms with van der Waals surface area (Å²) >= 11 is 1.45. The number of thioether (sulfide) groups is 1. The van der Waals surface area contributed by atoms with E-state index in [-0.39, 0.29) is 5.91 Å². The largest absolute Gasteiger partial charge is 0.372 e. The van der Waals surface area contributed by atoms with Crippen molar-refractivity contribution in [2.24, 2.45) is 0 Å². The lowest BCUT2D eigenvalue weighted by atomic mass is 10.1. The Labute approximate surface area is 193 Å². The maximum Gasteiger partial charge on any atom is 0.234 e. The molecule has 3 aromatic rings. The minimum atomic E-state index is -0.0250. The first-order chi connectivity index (χ1) is 15.8. The molecule has 1 aromatic heterocycles. The number of rotatable bonds is 8. The van der Waals surface area contributed by atoms with Gasteiger partial charge in [0.2, 0.25) is 5.91 Å². The maximum absolute atomic E-state index is 12.6. The molecule has 0 radical (unpaired) electrons. The molecule has 0 atom stereocenters. The molecule has 2 aliphatic rings. The summed E-state index contributed by atoms with van der Waals surface area (Å²) in [4.78, 5) is 15.0. The molecule has 2 aromatic carbocycles. The highest BCUT2D eigenvalue weighted by molar-refractivity contribution is 7.99. The molecule has 2 heterocycles. The van der Waals surface area contributed by atoms with Crippen molar-refractivity contribution in [1.29, 1.82) is 0 Å². The Bertz CT molecular complexity index is 1040. The number of amides is 1. The summed E-state index contributed by atoms with van der Waals surface area (Å²) in [7, 11) is 0. The Kier molecular flexibility index (Phi) is 6.44. The fourth-order valence-electron chi connectivity index (χ4n) is 4.20. The molecule has 1 aliphatic heterocycles. The molecule has 1 aliphatic carbocycles. The van der Waals surface area contributed by atoms with Crippen molar-refractivity contribution in [3.05, 3.63) is 66.0 Å². The zero-order valence-corrected chi connectivity index (χ0v) is 19.1. The van der Waals surface area contributed by atoms with Gasteiger partial charge in [-0.3, -0.25) is 4.79 Å². The van der Waals surface area contributed by atoms with Crippen LogP contribution in [0.15, 0.2) is 59.8 Å². The molecular formula is C25H29N5OS. The van der Waals surface area contributed by atoms with Gasteiger partial charge in [0, 0.05) is 30.4 Å². The summed E-state index contributed by atoms with van der Waals surface area (Å²) < 4.78 is 2.18. The van der Waals surface area contributed by atoms with Crippen molar-refractivity contribution in [2.75, 3.05) is 29.1 Å². The summed E-state index contributed by atoms with van der Waals surface area (Å²) in [6, 6.07) is 18.6. The summed E-state index contributed by atoms with van der Waals surface area (Å²) in [5.41, 5.74) is 3.29.